The van der Waals surface area contributed by atoms with E-state index in [0.29, 0.717) is 6.54 Å². The van der Waals surface area contributed by atoms with Crippen LogP contribution in [0.4, 0.5) is 11.4 Å². The topological polar surface area (TPSA) is 35.6 Å². The smallest absolute Gasteiger partial charge is 0.224 e. The minimum atomic E-state index is 0.0888. The molecule has 0 saturated carbocycles. The molecule has 0 aromatic heterocycles. The van der Waals surface area contributed by atoms with Gasteiger partial charge in [-0.2, -0.15) is 0 Å². The molecule has 2 aliphatic heterocycles. The number of aryl methyl sites for hydroxylation is 1. The van der Waals surface area contributed by atoms with Crippen molar-refractivity contribution in [3.63, 3.8) is 0 Å². The SMILES string of the molecule is Cc1ccc(N2CCCC(C(=O)NCCN3CCc4ccccc43)C2)cc1. The average molecular weight is 364 g/mol. The molecule has 4 nitrogen and oxygen atoms in total. The summed E-state index contributed by atoms with van der Waals surface area (Å²) in [5, 5.41) is 3.18. The highest BCUT2D eigenvalue weighted by Crippen LogP contribution is 2.27. The number of rotatable bonds is 5. The minimum absolute atomic E-state index is 0.0888. The van der Waals surface area contributed by atoms with Gasteiger partial charge in [-0.25, -0.2) is 0 Å². The fourth-order valence-corrected chi connectivity index (χ4v) is 4.28. The molecule has 1 N–H and O–H groups in total. The summed E-state index contributed by atoms with van der Waals surface area (Å²) in [5.41, 5.74) is 5.25. The third-order valence-corrected chi connectivity index (χ3v) is 5.86. The van der Waals surface area contributed by atoms with Crippen LogP contribution in [0.15, 0.2) is 48.5 Å². The fourth-order valence-electron chi connectivity index (χ4n) is 4.28. The van der Waals surface area contributed by atoms with Crippen LogP contribution in [0.1, 0.15) is 24.0 Å². The van der Waals surface area contributed by atoms with E-state index in [0.717, 1.165) is 45.4 Å². The highest BCUT2D eigenvalue weighted by molar-refractivity contribution is 5.79. The number of nitrogens with zero attached hydrogens (tertiary/aromatic N) is 2. The first-order valence-corrected chi connectivity index (χ1v) is 10.1. The summed E-state index contributed by atoms with van der Waals surface area (Å²) in [5.74, 6) is 0.296. The molecule has 0 spiro atoms. The van der Waals surface area contributed by atoms with Crippen LogP contribution in [0, 0.1) is 12.8 Å². The van der Waals surface area contributed by atoms with Crippen LogP contribution in [-0.2, 0) is 11.2 Å². The number of para-hydroxylation sites is 1. The first kappa shape index (κ1) is 17.9. The Balaban J connectivity index is 1.28. The first-order chi connectivity index (χ1) is 13.2. The van der Waals surface area contributed by atoms with Crippen LogP contribution < -0.4 is 15.1 Å². The largest absolute Gasteiger partial charge is 0.371 e. The highest BCUT2D eigenvalue weighted by atomic mass is 16.1. The second-order valence-corrected chi connectivity index (χ2v) is 7.78. The number of nitrogens with one attached hydrogen (secondary N) is 1. The summed E-state index contributed by atoms with van der Waals surface area (Å²) in [6.07, 6.45) is 3.17. The number of fused-ring (bicyclic) bond motifs is 1. The van der Waals surface area contributed by atoms with Crippen LogP contribution in [0.3, 0.4) is 0 Å². The zero-order valence-corrected chi connectivity index (χ0v) is 16.2. The van der Waals surface area contributed by atoms with Gasteiger partial charge >= 0.3 is 0 Å². The van der Waals surface area contributed by atoms with Gasteiger partial charge < -0.3 is 15.1 Å². The molecule has 2 heterocycles. The van der Waals surface area contributed by atoms with Gasteiger partial charge in [0.15, 0.2) is 0 Å². The van der Waals surface area contributed by atoms with E-state index in [9.17, 15) is 4.79 Å². The number of amides is 1. The van der Waals surface area contributed by atoms with Crippen molar-refractivity contribution in [2.24, 2.45) is 5.92 Å². The number of carbonyl (C=O) groups excluding carboxylic acids is 1. The lowest BCUT2D eigenvalue weighted by Crippen LogP contribution is -2.44. The van der Waals surface area contributed by atoms with E-state index in [1.54, 1.807) is 0 Å². The van der Waals surface area contributed by atoms with E-state index >= 15 is 0 Å². The Hall–Kier alpha value is -2.49. The van der Waals surface area contributed by atoms with Crippen LogP contribution >= 0.6 is 0 Å². The molecule has 1 fully saturated rings. The molecule has 2 aliphatic rings. The summed E-state index contributed by atoms with van der Waals surface area (Å²) in [6, 6.07) is 17.2. The second-order valence-electron chi connectivity index (χ2n) is 7.78. The van der Waals surface area contributed by atoms with E-state index in [1.165, 1.54) is 22.5 Å². The van der Waals surface area contributed by atoms with Crippen LogP contribution in [-0.4, -0.2) is 38.6 Å². The van der Waals surface area contributed by atoms with Crippen molar-refractivity contribution < 1.29 is 4.79 Å². The fraction of sp³-hybridized carbons (Fsp3) is 0.435. The number of carbonyl (C=O) groups is 1. The molecule has 0 aliphatic carbocycles. The lowest BCUT2D eigenvalue weighted by atomic mass is 9.96. The van der Waals surface area contributed by atoms with Crippen molar-refractivity contribution in [3.05, 3.63) is 59.7 Å². The van der Waals surface area contributed by atoms with Crippen molar-refractivity contribution in [1.29, 1.82) is 0 Å². The Bertz CT molecular complexity index is 786. The molecule has 2 aromatic rings. The van der Waals surface area contributed by atoms with Crippen molar-refractivity contribution in [1.82, 2.24) is 5.32 Å². The molecule has 1 saturated heterocycles. The normalized spacial score (nSPS) is 19.1. The first-order valence-electron chi connectivity index (χ1n) is 10.1. The van der Waals surface area contributed by atoms with Crippen LogP contribution in [0.25, 0.3) is 0 Å². The zero-order chi connectivity index (χ0) is 18.6. The lowest BCUT2D eigenvalue weighted by Gasteiger charge is -2.34. The Morgan fingerprint density at radius 3 is 2.78 bits per heavy atom. The van der Waals surface area contributed by atoms with Gasteiger partial charge in [0.25, 0.3) is 0 Å². The molecular formula is C23H29N3O. The molecule has 4 heteroatoms. The molecule has 1 unspecified atom stereocenters. The summed E-state index contributed by atoms with van der Waals surface area (Å²) in [7, 11) is 0. The van der Waals surface area contributed by atoms with E-state index in [2.05, 4.69) is 70.6 Å². The zero-order valence-electron chi connectivity index (χ0n) is 16.2. The molecule has 1 amide bonds. The van der Waals surface area contributed by atoms with Gasteiger partial charge in [-0.1, -0.05) is 35.9 Å². The summed E-state index contributed by atoms with van der Waals surface area (Å²) < 4.78 is 0. The molecule has 2 aromatic carbocycles. The van der Waals surface area contributed by atoms with Gasteiger partial charge in [-0.05, 0) is 49.9 Å². The van der Waals surface area contributed by atoms with Gasteiger partial charge in [0.2, 0.25) is 5.91 Å². The lowest BCUT2D eigenvalue weighted by molar-refractivity contribution is -0.125. The quantitative estimate of drug-likeness (QED) is 0.884. The standard InChI is InChI=1S/C23H29N3O/c1-18-8-10-21(11-9-18)26-14-4-6-20(17-26)23(27)24-13-16-25-15-12-19-5-2-3-7-22(19)25/h2-3,5,7-11,20H,4,6,12-17H2,1H3,(H,24,27). The molecule has 0 radical (unpaired) electrons. The number of hydrogen-bond acceptors (Lipinski definition) is 3. The van der Waals surface area contributed by atoms with Crippen molar-refractivity contribution >= 4 is 17.3 Å². The summed E-state index contributed by atoms with van der Waals surface area (Å²) >= 11 is 0. The highest BCUT2D eigenvalue weighted by Gasteiger charge is 2.26. The van der Waals surface area contributed by atoms with Gasteiger partial charge in [0.05, 0.1) is 5.92 Å². The predicted octanol–water partition coefficient (Wildman–Crippen LogP) is 3.39. The van der Waals surface area contributed by atoms with Crippen LogP contribution in [0.5, 0.6) is 0 Å². The van der Waals surface area contributed by atoms with Gasteiger partial charge in [0.1, 0.15) is 0 Å². The van der Waals surface area contributed by atoms with Crippen molar-refractivity contribution in [3.8, 4) is 0 Å². The van der Waals surface area contributed by atoms with Gasteiger partial charge in [0, 0.05) is 44.1 Å². The summed E-state index contributed by atoms with van der Waals surface area (Å²) in [4.78, 5) is 17.4. The molecule has 0 bridgehead atoms. The van der Waals surface area contributed by atoms with Crippen molar-refractivity contribution in [2.75, 3.05) is 42.5 Å². The third-order valence-electron chi connectivity index (χ3n) is 5.86. The third kappa shape index (κ3) is 4.10. The number of benzene rings is 2. The van der Waals surface area contributed by atoms with Crippen LogP contribution in [0.2, 0.25) is 0 Å². The molecule has 4 rings (SSSR count). The molecule has 142 valence electrons. The average Bonchev–Trinajstić information content (AvgIpc) is 3.12. The molecule has 1 atom stereocenters. The molecular weight excluding hydrogens is 334 g/mol. The Labute approximate surface area is 162 Å². The van der Waals surface area contributed by atoms with Gasteiger partial charge in [-0.3, -0.25) is 4.79 Å². The maximum absolute atomic E-state index is 12.7. The number of anilines is 2. The van der Waals surface area contributed by atoms with Crippen molar-refractivity contribution in [2.45, 2.75) is 26.2 Å². The molecule has 27 heavy (non-hydrogen) atoms. The maximum Gasteiger partial charge on any atom is 0.224 e. The monoisotopic (exact) mass is 363 g/mol. The Kier molecular flexibility index (Phi) is 5.33. The maximum atomic E-state index is 12.7. The minimum Gasteiger partial charge on any atom is -0.371 e. The van der Waals surface area contributed by atoms with E-state index in [1.807, 2.05) is 0 Å². The Morgan fingerprint density at radius 2 is 1.93 bits per heavy atom. The Morgan fingerprint density at radius 1 is 1.11 bits per heavy atom. The van der Waals surface area contributed by atoms with E-state index in [4.69, 9.17) is 0 Å². The number of piperidine rings is 1. The van der Waals surface area contributed by atoms with E-state index in [-0.39, 0.29) is 11.8 Å². The second kappa shape index (κ2) is 8.03. The number of hydrogen-bond donors (Lipinski definition) is 1. The predicted molar refractivity (Wildman–Crippen MR) is 111 cm³/mol. The van der Waals surface area contributed by atoms with E-state index < -0.39 is 0 Å². The van der Waals surface area contributed by atoms with Gasteiger partial charge in [-0.15, -0.1) is 0 Å². The summed E-state index contributed by atoms with van der Waals surface area (Å²) in [6.45, 7) is 6.62.